The highest BCUT2D eigenvalue weighted by atomic mass is 16.5. The zero-order valence-electron chi connectivity index (χ0n) is 17.0. The molecule has 1 N–H and O–H groups in total. The number of ether oxygens (including phenoxy) is 1. The summed E-state index contributed by atoms with van der Waals surface area (Å²) in [6.45, 7) is 2.91. The van der Waals surface area contributed by atoms with Crippen molar-refractivity contribution in [2.45, 2.75) is 51.9 Å². The lowest BCUT2D eigenvalue weighted by molar-refractivity contribution is -0.142. The van der Waals surface area contributed by atoms with Gasteiger partial charge in [-0.15, -0.1) is 0 Å². The molecular formula is C23H29N3O3. The van der Waals surface area contributed by atoms with Crippen LogP contribution in [0.1, 0.15) is 61.6 Å². The third kappa shape index (κ3) is 3.53. The number of nitrogens with one attached hydrogen (secondary N) is 1. The van der Waals surface area contributed by atoms with Gasteiger partial charge in [-0.25, -0.2) is 4.98 Å². The van der Waals surface area contributed by atoms with E-state index in [4.69, 9.17) is 4.74 Å². The van der Waals surface area contributed by atoms with Crippen LogP contribution in [-0.2, 0) is 16.0 Å². The van der Waals surface area contributed by atoms with Crippen molar-refractivity contribution in [1.82, 2.24) is 14.7 Å². The number of esters is 1. The van der Waals surface area contributed by atoms with Gasteiger partial charge in [0.05, 0.1) is 18.7 Å². The maximum Gasteiger partial charge on any atom is 0.311 e. The number of nitrogens with zero attached hydrogens (tertiary/aromatic N) is 2. The molecule has 0 aliphatic heterocycles. The smallest absolute Gasteiger partial charge is 0.311 e. The van der Waals surface area contributed by atoms with Crippen molar-refractivity contribution in [3.8, 4) is 0 Å². The third-order valence-corrected chi connectivity index (χ3v) is 7.19. The number of rotatable bonds is 6. The predicted molar refractivity (Wildman–Crippen MR) is 108 cm³/mol. The van der Waals surface area contributed by atoms with Crippen molar-refractivity contribution in [2.24, 2.45) is 23.2 Å². The van der Waals surface area contributed by atoms with Crippen LogP contribution in [0.5, 0.6) is 0 Å². The Hall–Kier alpha value is -2.37. The maximum atomic E-state index is 13.0. The zero-order chi connectivity index (χ0) is 20.0. The van der Waals surface area contributed by atoms with Gasteiger partial charge >= 0.3 is 5.97 Å². The molecule has 0 saturated heterocycles. The maximum absolute atomic E-state index is 13.0. The van der Waals surface area contributed by atoms with E-state index in [1.807, 2.05) is 18.2 Å². The molecule has 2 heterocycles. The molecular weight excluding hydrogens is 366 g/mol. The molecule has 6 nitrogen and oxygen atoms in total. The van der Waals surface area contributed by atoms with Crippen LogP contribution in [0.2, 0.25) is 0 Å². The van der Waals surface area contributed by atoms with Gasteiger partial charge in [-0.05, 0) is 80.8 Å². The second kappa shape index (κ2) is 7.15. The molecule has 0 radical (unpaired) electrons. The quantitative estimate of drug-likeness (QED) is 0.761. The van der Waals surface area contributed by atoms with E-state index >= 15 is 0 Å². The van der Waals surface area contributed by atoms with E-state index < -0.39 is 0 Å². The number of carbonyl (C=O) groups is 2. The predicted octanol–water partition coefficient (Wildman–Crippen LogP) is 3.39. The molecule has 1 amide bonds. The third-order valence-electron chi connectivity index (χ3n) is 7.19. The first-order valence-electron chi connectivity index (χ1n) is 10.9. The molecule has 2 aromatic rings. The Morgan fingerprint density at radius 2 is 1.86 bits per heavy atom. The second-order valence-corrected chi connectivity index (χ2v) is 9.45. The van der Waals surface area contributed by atoms with E-state index in [9.17, 15) is 9.59 Å². The zero-order valence-corrected chi connectivity index (χ0v) is 17.0. The summed E-state index contributed by atoms with van der Waals surface area (Å²) in [6, 6.07) is 5.51. The highest BCUT2D eigenvalue weighted by Gasteiger charge is 2.50. The lowest BCUT2D eigenvalue weighted by atomic mass is 9.49. The van der Waals surface area contributed by atoms with Crippen LogP contribution >= 0.6 is 0 Å². The van der Waals surface area contributed by atoms with Crippen LogP contribution in [-0.4, -0.2) is 34.4 Å². The fourth-order valence-corrected chi connectivity index (χ4v) is 6.56. The highest BCUT2D eigenvalue weighted by molar-refractivity contribution is 5.93. The standard InChI is InChI=1S/C23H29N3O3/c1-2-29-21(27)9-18-13-26-19(4-3-5-20(26)25-18)22(28)24-14-23-10-15-6-16(11-23)8-17(7-15)12-23/h3-5,13,15-17H,2,6-12,14H2,1H3,(H,24,28). The summed E-state index contributed by atoms with van der Waals surface area (Å²) in [5.41, 5.74) is 2.16. The second-order valence-electron chi connectivity index (χ2n) is 9.45. The minimum absolute atomic E-state index is 0.0635. The molecule has 4 fully saturated rings. The molecule has 29 heavy (non-hydrogen) atoms. The number of aromatic nitrogens is 2. The monoisotopic (exact) mass is 395 g/mol. The van der Waals surface area contributed by atoms with Crippen molar-refractivity contribution in [3.63, 3.8) is 0 Å². The Balaban J connectivity index is 1.31. The Morgan fingerprint density at radius 3 is 2.52 bits per heavy atom. The molecule has 4 aliphatic rings. The van der Waals surface area contributed by atoms with Crippen LogP contribution in [0.3, 0.4) is 0 Å². The summed E-state index contributed by atoms with van der Waals surface area (Å²) >= 11 is 0. The van der Waals surface area contributed by atoms with Gasteiger partial charge in [0, 0.05) is 12.7 Å². The summed E-state index contributed by atoms with van der Waals surface area (Å²) in [4.78, 5) is 29.3. The van der Waals surface area contributed by atoms with Crippen molar-refractivity contribution in [2.75, 3.05) is 13.2 Å². The lowest BCUT2D eigenvalue weighted by Gasteiger charge is -2.56. The number of hydrogen-bond acceptors (Lipinski definition) is 4. The summed E-state index contributed by atoms with van der Waals surface area (Å²) in [5, 5.41) is 3.24. The summed E-state index contributed by atoms with van der Waals surface area (Å²) in [7, 11) is 0. The first kappa shape index (κ1) is 18.6. The van der Waals surface area contributed by atoms with E-state index in [1.54, 1.807) is 17.5 Å². The fraction of sp³-hybridized carbons (Fsp3) is 0.609. The first-order chi connectivity index (χ1) is 14.0. The molecule has 0 spiro atoms. The summed E-state index contributed by atoms with van der Waals surface area (Å²) in [6.07, 6.45) is 9.94. The Labute approximate surface area is 171 Å². The van der Waals surface area contributed by atoms with Crippen LogP contribution in [0, 0.1) is 23.2 Å². The molecule has 6 rings (SSSR count). The van der Waals surface area contributed by atoms with Crippen LogP contribution in [0.15, 0.2) is 24.4 Å². The van der Waals surface area contributed by atoms with Gasteiger partial charge in [-0.2, -0.15) is 0 Å². The van der Waals surface area contributed by atoms with Crippen LogP contribution in [0.4, 0.5) is 0 Å². The van der Waals surface area contributed by atoms with E-state index in [0.29, 0.717) is 29.1 Å². The number of imidazole rings is 1. The molecule has 4 bridgehead atoms. The molecule has 4 aliphatic carbocycles. The normalized spacial score (nSPS) is 29.9. The van der Waals surface area contributed by atoms with Crippen molar-refractivity contribution < 1.29 is 14.3 Å². The highest BCUT2D eigenvalue weighted by Crippen LogP contribution is 2.59. The van der Waals surface area contributed by atoms with Gasteiger partial charge in [0.25, 0.3) is 5.91 Å². The average Bonchev–Trinajstić information content (AvgIpc) is 3.07. The fourth-order valence-electron chi connectivity index (χ4n) is 6.56. The van der Waals surface area contributed by atoms with E-state index in [2.05, 4.69) is 10.3 Å². The molecule has 6 heteroatoms. The minimum atomic E-state index is -0.302. The molecule has 2 aromatic heterocycles. The van der Waals surface area contributed by atoms with Gasteiger partial charge in [0.15, 0.2) is 0 Å². The van der Waals surface area contributed by atoms with E-state index in [-0.39, 0.29) is 18.3 Å². The minimum Gasteiger partial charge on any atom is -0.466 e. The molecule has 4 saturated carbocycles. The lowest BCUT2D eigenvalue weighted by Crippen LogP contribution is -2.51. The van der Waals surface area contributed by atoms with E-state index in [0.717, 1.165) is 24.3 Å². The molecule has 0 aromatic carbocycles. The molecule has 154 valence electrons. The summed E-state index contributed by atoms with van der Waals surface area (Å²) in [5.74, 6) is 2.26. The Kier molecular flexibility index (Phi) is 4.60. The van der Waals surface area contributed by atoms with Gasteiger partial charge in [0.2, 0.25) is 0 Å². The average molecular weight is 396 g/mol. The largest absolute Gasteiger partial charge is 0.466 e. The van der Waals surface area contributed by atoms with Gasteiger partial charge in [0.1, 0.15) is 11.3 Å². The molecule has 0 unspecified atom stereocenters. The number of pyridine rings is 1. The first-order valence-corrected chi connectivity index (χ1v) is 10.9. The topological polar surface area (TPSA) is 72.7 Å². The van der Waals surface area contributed by atoms with Gasteiger partial charge in [-0.3, -0.25) is 14.0 Å². The van der Waals surface area contributed by atoms with Crippen molar-refractivity contribution in [3.05, 3.63) is 35.8 Å². The van der Waals surface area contributed by atoms with E-state index in [1.165, 1.54) is 38.5 Å². The Morgan fingerprint density at radius 1 is 1.17 bits per heavy atom. The Bertz CT molecular complexity index is 913. The van der Waals surface area contributed by atoms with Crippen molar-refractivity contribution >= 4 is 17.5 Å². The molecule has 0 atom stereocenters. The number of amides is 1. The number of carbonyl (C=O) groups excluding carboxylic acids is 2. The summed E-state index contributed by atoms with van der Waals surface area (Å²) < 4.78 is 6.79. The van der Waals surface area contributed by atoms with Crippen LogP contribution in [0.25, 0.3) is 5.65 Å². The number of fused-ring (bicyclic) bond motifs is 1. The van der Waals surface area contributed by atoms with Gasteiger partial charge in [-0.1, -0.05) is 6.07 Å². The van der Waals surface area contributed by atoms with Crippen molar-refractivity contribution in [1.29, 1.82) is 0 Å². The van der Waals surface area contributed by atoms with Gasteiger partial charge < -0.3 is 10.1 Å². The number of hydrogen-bond donors (Lipinski definition) is 1. The SMILES string of the molecule is CCOC(=O)Cc1cn2c(C(=O)NCC34CC5CC(CC(C5)C3)C4)cccc2n1. The van der Waals surface area contributed by atoms with Crippen LogP contribution < -0.4 is 5.32 Å².